The summed E-state index contributed by atoms with van der Waals surface area (Å²) < 4.78 is 0. The number of benzene rings is 1. The Kier molecular flexibility index (Phi) is 8.85. The van der Waals surface area contributed by atoms with Gasteiger partial charge < -0.3 is 20.4 Å². The number of halogens is 1. The van der Waals surface area contributed by atoms with Gasteiger partial charge in [-0.2, -0.15) is 0 Å². The molecule has 0 bridgehead atoms. The maximum Gasteiger partial charge on any atom is 0.225 e. The van der Waals surface area contributed by atoms with Gasteiger partial charge >= 0.3 is 0 Å². The number of rotatable bonds is 5. The summed E-state index contributed by atoms with van der Waals surface area (Å²) in [5.74, 6) is 1.43. The van der Waals surface area contributed by atoms with E-state index in [1.54, 1.807) is 7.05 Å². The van der Waals surface area contributed by atoms with E-state index in [2.05, 4.69) is 44.8 Å². The summed E-state index contributed by atoms with van der Waals surface area (Å²) in [7, 11) is 5.88. The van der Waals surface area contributed by atoms with E-state index >= 15 is 0 Å². The normalized spacial score (nSPS) is 20.0. The first-order valence-corrected chi connectivity index (χ1v) is 10.1. The van der Waals surface area contributed by atoms with Crippen LogP contribution in [0.2, 0.25) is 0 Å². The summed E-state index contributed by atoms with van der Waals surface area (Å²) in [6.45, 7) is 2.37. The van der Waals surface area contributed by atoms with Crippen LogP contribution in [-0.2, 0) is 11.3 Å². The molecule has 7 heteroatoms. The van der Waals surface area contributed by atoms with Crippen LogP contribution < -0.4 is 15.5 Å². The van der Waals surface area contributed by atoms with Crippen LogP contribution in [0.1, 0.15) is 37.7 Å². The van der Waals surface area contributed by atoms with E-state index in [9.17, 15) is 4.79 Å². The van der Waals surface area contributed by atoms with E-state index in [1.807, 2.05) is 19.0 Å². The van der Waals surface area contributed by atoms with Crippen molar-refractivity contribution in [1.82, 2.24) is 15.5 Å². The van der Waals surface area contributed by atoms with Crippen molar-refractivity contribution in [2.45, 2.75) is 44.7 Å². The maximum atomic E-state index is 12.6. The molecule has 3 rings (SSSR count). The zero-order valence-corrected chi connectivity index (χ0v) is 19.6. The maximum absolute atomic E-state index is 12.6. The van der Waals surface area contributed by atoms with E-state index in [1.165, 1.54) is 24.1 Å². The lowest BCUT2D eigenvalue weighted by Gasteiger charge is -2.21. The minimum atomic E-state index is 0. The van der Waals surface area contributed by atoms with Crippen LogP contribution in [0, 0.1) is 5.92 Å². The van der Waals surface area contributed by atoms with Crippen molar-refractivity contribution in [1.29, 1.82) is 0 Å². The fourth-order valence-corrected chi connectivity index (χ4v) is 3.99. The third-order valence-electron chi connectivity index (χ3n) is 5.68. The molecule has 2 N–H and O–H groups in total. The molecule has 2 aliphatic rings. The van der Waals surface area contributed by atoms with Crippen molar-refractivity contribution in [2.24, 2.45) is 10.9 Å². The molecule has 6 nitrogen and oxygen atoms in total. The second-order valence-corrected chi connectivity index (χ2v) is 7.88. The molecule has 0 spiro atoms. The highest BCUT2D eigenvalue weighted by Crippen LogP contribution is 2.27. The van der Waals surface area contributed by atoms with Gasteiger partial charge in [0.1, 0.15) is 0 Å². The number of nitrogens with zero attached hydrogens (tertiary/aromatic N) is 3. The Morgan fingerprint density at radius 1 is 1.18 bits per heavy atom. The first kappa shape index (κ1) is 22.8. The summed E-state index contributed by atoms with van der Waals surface area (Å²) in [6.07, 6.45) is 5.54. The van der Waals surface area contributed by atoms with E-state index < -0.39 is 0 Å². The standard InChI is InChI=1S/C21H33N5O.HI/c1-22-21(23-14-16-8-10-19(11-9-16)25(2)3)24-18-12-13-26(15-18)20(27)17-6-4-5-7-17;/h8-11,17-18H,4-7,12-15H2,1-3H3,(H2,22,23,24);1H. The summed E-state index contributed by atoms with van der Waals surface area (Å²) in [5, 5.41) is 6.86. The first-order valence-electron chi connectivity index (χ1n) is 10.1. The SMILES string of the molecule is CN=C(NCc1ccc(N(C)C)cc1)NC1CCN(C(=O)C2CCCC2)C1.I. The Morgan fingerprint density at radius 3 is 2.46 bits per heavy atom. The molecular weight excluding hydrogens is 465 g/mol. The third kappa shape index (κ3) is 5.99. The minimum absolute atomic E-state index is 0. The van der Waals surface area contributed by atoms with Crippen LogP contribution in [0.25, 0.3) is 0 Å². The summed E-state index contributed by atoms with van der Waals surface area (Å²) in [6, 6.07) is 8.78. The van der Waals surface area contributed by atoms with Gasteiger partial charge in [-0.1, -0.05) is 25.0 Å². The number of carbonyl (C=O) groups excluding carboxylic acids is 1. The van der Waals surface area contributed by atoms with Gasteiger partial charge in [0.25, 0.3) is 0 Å². The van der Waals surface area contributed by atoms with Crippen molar-refractivity contribution >= 4 is 41.5 Å². The number of hydrogen-bond acceptors (Lipinski definition) is 3. The van der Waals surface area contributed by atoms with Gasteiger partial charge in [0.05, 0.1) is 0 Å². The van der Waals surface area contributed by atoms with Gasteiger partial charge in [-0.25, -0.2) is 0 Å². The highest BCUT2D eigenvalue weighted by Gasteiger charge is 2.32. The third-order valence-corrected chi connectivity index (χ3v) is 5.68. The molecule has 1 unspecified atom stereocenters. The monoisotopic (exact) mass is 499 g/mol. The van der Waals surface area contributed by atoms with Crippen LogP contribution in [0.15, 0.2) is 29.3 Å². The summed E-state index contributed by atoms with van der Waals surface area (Å²) >= 11 is 0. The van der Waals surface area contributed by atoms with E-state index in [0.29, 0.717) is 5.91 Å². The molecule has 1 saturated heterocycles. The topological polar surface area (TPSA) is 60.0 Å². The van der Waals surface area contributed by atoms with Gasteiger partial charge in [0.2, 0.25) is 5.91 Å². The van der Waals surface area contributed by atoms with Crippen molar-refractivity contribution in [2.75, 3.05) is 39.1 Å². The molecule has 1 amide bonds. The van der Waals surface area contributed by atoms with Crippen LogP contribution in [0.5, 0.6) is 0 Å². The Bertz CT molecular complexity index is 655. The van der Waals surface area contributed by atoms with Gasteiger partial charge in [-0.05, 0) is 37.0 Å². The van der Waals surface area contributed by atoms with Crippen molar-refractivity contribution in [3.8, 4) is 0 Å². The summed E-state index contributed by atoms with van der Waals surface area (Å²) in [5.41, 5.74) is 2.41. The first-order chi connectivity index (χ1) is 13.1. The highest BCUT2D eigenvalue weighted by molar-refractivity contribution is 14.0. The number of guanidine groups is 1. The zero-order valence-electron chi connectivity index (χ0n) is 17.3. The van der Waals surface area contributed by atoms with Crippen LogP contribution in [0.4, 0.5) is 5.69 Å². The molecule has 0 aromatic heterocycles. The van der Waals surface area contributed by atoms with Gasteiger partial charge in [-0.15, -0.1) is 24.0 Å². The molecule has 1 aromatic rings. The van der Waals surface area contributed by atoms with Gasteiger partial charge in [0, 0.05) is 58.4 Å². The number of likely N-dealkylation sites (tertiary alicyclic amines) is 1. The molecular formula is C21H34IN5O. The minimum Gasteiger partial charge on any atom is -0.378 e. The molecule has 156 valence electrons. The Morgan fingerprint density at radius 2 is 1.86 bits per heavy atom. The predicted molar refractivity (Wildman–Crippen MR) is 126 cm³/mol. The highest BCUT2D eigenvalue weighted by atomic mass is 127. The van der Waals surface area contributed by atoms with E-state index in [-0.39, 0.29) is 35.9 Å². The number of nitrogens with one attached hydrogen (secondary N) is 2. The van der Waals surface area contributed by atoms with Crippen molar-refractivity contribution < 1.29 is 4.79 Å². The van der Waals surface area contributed by atoms with Crippen LogP contribution in [0.3, 0.4) is 0 Å². The average Bonchev–Trinajstić information content (AvgIpc) is 3.37. The number of anilines is 1. The van der Waals surface area contributed by atoms with Crippen LogP contribution >= 0.6 is 24.0 Å². The molecule has 1 aliphatic carbocycles. The molecule has 1 saturated carbocycles. The fourth-order valence-electron chi connectivity index (χ4n) is 3.99. The fraction of sp³-hybridized carbons (Fsp3) is 0.619. The Balaban J connectivity index is 0.00000280. The molecule has 0 radical (unpaired) electrons. The lowest BCUT2D eigenvalue weighted by molar-refractivity contribution is -0.134. The number of hydrogen-bond donors (Lipinski definition) is 2. The molecule has 2 fully saturated rings. The van der Waals surface area contributed by atoms with E-state index in [4.69, 9.17) is 0 Å². The zero-order chi connectivity index (χ0) is 19.2. The molecule has 1 atom stereocenters. The lowest BCUT2D eigenvalue weighted by Crippen LogP contribution is -2.45. The van der Waals surface area contributed by atoms with Gasteiger partial charge in [0.15, 0.2) is 5.96 Å². The molecule has 1 aliphatic heterocycles. The lowest BCUT2D eigenvalue weighted by atomic mass is 10.1. The molecule has 28 heavy (non-hydrogen) atoms. The number of amides is 1. The predicted octanol–water partition coefficient (Wildman–Crippen LogP) is 2.83. The molecule has 1 heterocycles. The van der Waals surface area contributed by atoms with Crippen molar-refractivity contribution in [3.63, 3.8) is 0 Å². The van der Waals surface area contributed by atoms with Gasteiger partial charge in [-0.3, -0.25) is 9.79 Å². The Hall–Kier alpha value is -1.51. The molecule has 1 aromatic carbocycles. The number of carbonyl (C=O) groups is 1. The number of aliphatic imine (C=N–C) groups is 1. The van der Waals surface area contributed by atoms with E-state index in [0.717, 1.165) is 44.9 Å². The average molecular weight is 499 g/mol. The van der Waals surface area contributed by atoms with Crippen molar-refractivity contribution in [3.05, 3.63) is 29.8 Å². The smallest absolute Gasteiger partial charge is 0.225 e. The largest absolute Gasteiger partial charge is 0.378 e. The second-order valence-electron chi connectivity index (χ2n) is 7.88. The Labute approximate surface area is 186 Å². The second kappa shape index (κ2) is 10.9. The quantitative estimate of drug-likeness (QED) is 0.372. The summed E-state index contributed by atoms with van der Waals surface area (Å²) in [4.78, 5) is 21.1. The van der Waals surface area contributed by atoms with Crippen LogP contribution in [-0.4, -0.2) is 57.0 Å².